The fraction of sp³-hybridized carbons (Fsp3) is 0.154. The van der Waals surface area contributed by atoms with E-state index >= 15 is 0 Å². The number of benzene rings is 1. The fourth-order valence-electron chi connectivity index (χ4n) is 1.50. The maximum atomic E-state index is 11.3. The summed E-state index contributed by atoms with van der Waals surface area (Å²) in [7, 11) is 3.98. The van der Waals surface area contributed by atoms with Gasteiger partial charge in [-0.15, -0.1) is 0 Å². The van der Waals surface area contributed by atoms with Gasteiger partial charge in [0.2, 0.25) is 0 Å². The number of aromatic nitrogens is 2. The maximum absolute atomic E-state index is 11.3. The summed E-state index contributed by atoms with van der Waals surface area (Å²) in [5.74, 6) is 0. The van der Waals surface area contributed by atoms with Gasteiger partial charge in [-0.1, -0.05) is 12.1 Å². The summed E-state index contributed by atoms with van der Waals surface area (Å²) in [5, 5.41) is 10.1. The van der Waals surface area contributed by atoms with E-state index in [0.717, 1.165) is 11.3 Å². The van der Waals surface area contributed by atoms with E-state index in [2.05, 4.69) is 36.7 Å². The first-order valence-electron chi connectivity index (χ1n) is 5.87. The second kappa shape index (κ2) is 6.33. The average Bonchev–Trinajstić information content (AvgIpc) is 2.44. The van der Waals surface area contributed by atoms with Crippen LogP contribution >= 0.6 is 15.9 Å². The van der Waals surface area contributed by atoms with Gasteiger partial charge in [-0.05, 0) is 33.6 Å². The van der Waals surface area contributed by atoms with Gasteiger partial charge in [-0.2, -0.15) is 10.2 Å². The molecule has 0 bridgehead atoms. The van der Waals surface area contributed by atoms with E-state index in [1.807, 2.05) is 43.3 Å². The van der Waals surface area contributed by atoms with Crippen LogP contribution in [0.15, 0.2) is 44.8 Å². The molecule has 2 aromatic rings. The summed E-state index contributed by atoms with van der Waals surface area (Å²) in [5.41, 5.74) is 5.05. The van der Waals surface area contributed by atoms with E-state index in [-0.39, 0.29) is 5.56 Å². The van der Waals surface area contributed by atoms with Gasteiger partial charge in [0.25, 0.3) is 5.56 Å². The van der Waals surface area contributed by atoms with E-state index in [4.69, 9.17) is 0 Å². The third-order valence-electron chi connectivity index (χ3n) is 2.60. The van der Waals surface area contributed by atoms with Gasteiger partial charge >= 0.3 is 0 Å². The molecule has 0 saturated carbocycles. The van der Waals surface area contributed by atoms with Gasteiger partial charge in [0, 0.05) is 19.8 Å². The quantitative estimate of drug-likeness (QED) is 0.662. The third-order valence-corrected chi connectivity index (χ3v) is 3.39. The Morgan fingerprint density at radius 1 is 1.35 bits per heavy atom. The van der Waals surface area contributed by atoms with Gasteiger partial charge < -0.3 is 4.90 Å². The first-order valence-corrected chi connectivity index (χ1v) is 6.67. The number of hydrazone groups is 1. The van der Waals surface area contributed by atoms with Crippen molar-refractivity contribution in [3.05, 3.63) is 50.9 Å². The molecule has 0 unspecified atom stereocenters. The molecule has 0 aliphatic carbocycles. The van der Waals surface area contributed by atoms with Crippen molar-refractivity contribution in [3.63, 3.8) is 0 Å². The molecule has 0 saturated heterocycles. The monoisotopic (exact) mass is 335 g/mol. The second-order valence-corrected chi connectivity index (χ2v) is 5.08. The van der Waals surface area contributed by atoms with Crippen LogP contribution in [0.2, 0.25) is 0 Å². The van der Waals surface area contributed by atoms with Gasteiger partial charge in [0.1, 0.15) is 4.47 Å². The third kappa shape index (κ3) is 3.45. The van der Waals surface area contributed by atoms with Crippen molar-refractivity contribution in [2.24, 2.45) is 5.10 Å². The number of hydrogen-bond acceptors (Lipinski definition) is 5. The van der Waals surface area contributed by atoms with Crippen molar-refractivity contribution >= 4 is 33.5 Å². The largest absolute Gasteiger partial charge is 0.378 e. The van der Waals surface area contributed by atoms with Gasteiger partial charge in [-0.25, -0.2) is 5.10 Å². The van der Waals surface area contributed by atoms with Crippen molar-refractivity contribution in [2.45, 2.75) is 0 Å². The zero-order valence-electron chi connectivity index (χ0n) is 11.1. The lowest BCUT2D eigenvalue weighted by Gasteiger charge is -2.11. The Balaban J connectivity index is 2.06. The summed E-state index contributed by atoms with van der Waals surface area (Å²) >= 11 is 3.17. The number of nitrogens with zero attached hydrogens (tertiary/aromatic N) is 3. The highest BCUT2D eigenvalue weighted by molar-refractivity contribution is 9.10. The molecule has 20 heavy (non-hydrogen) atoms. The summed E-state index contributed by atoms with van der Waals surface area (Å²) in [6.45, 7) is 0. The lowest BCUT2D eigenvalue weighted by molar-refractivity contribution is 0.977. The number of H-pyrrole nitrogens is 1. The summed E-state index contributed by atoms with van der Waals surface area (Å²) in [4.78, 5) is 13.3. The van der Waals surface area contributed by atoms with Gasteiger partial charge in [0.05, 0.1) is 18.1 Å². The lowest BCUT2D eigenvalue weighted by Crippen LogP contribution is -2.10. The zero-order valence-corrected chi connectivity index (χ0v) is 12.7. The van der Waals surface area contributed by atoms with Crippen LogP contribution in [-0.4, -0.2) is 30.5 Å². The Morgan fingerprint density at radius 2 is 2.05 bits per heavy atom. The van der Waals surface area contributed by atoms with Crippen molar-refractivity contribution in [3.8, 4) is 0 Å². The Hall–Kier alpha value is -2.15. The van der Waals surface area contributed by atoms with Crippen LogP contribution in [0, 0.1) is 0 Å². The van der Waals surface area contributed by atoms with Crippen LogP contribution in [0.5, 0.6) is 0 Å². The van der Waals surface area contributed by atoms with Crippen LogP contribution in [0.25, 0.3) is 0 Å². The molecule has 1 aromatic carbocycles. The topological polar surface area (TPSA) is 73.4 Å². The highest BCUT2D eigenvalue weighted by atomic mass is 79.9. The fourth-order valence-corrected chi connectivity index (χ4v) is 1.78. The summed E-state index contributed by atoms with van der Waals surface area (Å²) < 4.78 is 0.368. The molecule has 0 atom stereocenters. The molecular formula is C13H14BrN5O. The summed E-state index contributed by atoms with van der Waals surface area (Å²) in [6, 6.07) is 7.94. The van der Waals surface area contributed by atoms with Gasteiger partial charge in [-0.3, -0.25) is 10.2 Å². The summed E-state index contributed by atoms with van der Waals surface area (Å²) in [6.07, 6.45) is 3.16. The van der Waals surface area contributed by atoms with E-state index in [1.165, 1.54) is 6.20 Å². The van der Waals surface area contributed by atoms with Crippen LogP contribution in [0.1, 0.15) is 5.56 Å². The van der Waals surface area contributed by atoms with Crippen molar-refractivity contribution < 1.29 is 0 Å². The molecule has 0 aliphatic rings. The van der Waals surface area contributed by atoms with Crippen LogP contribution in [-0.2, 0) is 0 Å². The first-order chi connectivity index (χ1) is 9.58. The van der Waals surface area contributed by atoms with E-state index < -0.39 is 0 Å². The second-order valence-electron chi connectivity index (χ2n) is 4.28. The molecule has 0 amide bonds. The molecule has 0 spiro atoms. The Kier molecular flexibility index (Phi) is 4.52. The van der Waals surface area contributed by atoms with Crippen molar-refractivity contribution in [1.82, 2.24) is 10.2 Å². The molecule has 6 nitrogen and oxygen atoms in total. The zero-order chi connectivity index (χ0) is 14.5. The van der Waals surface area contributed by atoms with Crippen LogP contribution in [0.3, 0.4) is 0 Å². The highest BCUT2D eigenvalue weighted by Crippen LogP contribution is 2.15. The Bertz CT molecular complexity index is 663. The highest BCUT2D eigenvalue weighted by Gasteiger charge is 2.02. The molecule has 1 heterocycles. The Morgan fingerprint density at radius 3 is 2.70 bits per heavy atom. The number of halogens is 1. The normalized spacial score (nSPS) is 10.8. The lowest BCUT2D eigenvalue weighted by atomic mass is 10.2. The molecule has 2 N–H and O–H groups in total. The van der Waals surface area contributed by atoms with E-state index in [1.54, 1.807) is 6.21 Å². The molecule has 0 fully saturated rings. The molecular weight excluding hydrogens is 322 g/mol. The van der Waals surface area contributed by atoms with Gasteiger partial charge in [0.15, 0.2) is 0 Å². The number of anilines is 2. The number of hydrogen-bond donors (Lipinski definition) is 2. The predicted molar refractivity (Wildman–Crippen MR) is 84.5 cm³/mol. The minimum atomic E-state index is -0.305. The molecule has 104 valence electrons. The smallest absolute Gasteiger partial charge is 0.280 e. The number of aromatic amines is 1. The van der Waals surface area contributed by atoms with Crippen molar-refractivity contribution in [1.29, 1.82) is 0 Å². The molecule has 2 rings (SSSR count). The molecule has 7 heteroatoms. The first kappa shape index (κ1) is 14.3. The van der Waals surface area contributed by atoms with Crippen LogP contribution in [0.4, 0.5) is 11.4 Å². The predicted octanol–water partition coefficient (Wildman–Crippen LogP) is 2.04. The van der Waals surface area contributed by atoms with Crippen LogP contribution < -0.4 is 15.9 Å². The van der Waals surface area contributed by atoms with E-state index in [0.29, 0.717) is 10.2 Å². The number of rotatable bonds is 4. The standard InChI is InChI=1S/C13H14BrN5O/c1-19(2)10-5-3-9(4-6-10)7-15-17-11-8-16-18-13(20)12(11)14/h3-8H,1-2H3,(H2,17,18,20)/b15-7+. The minimum Gasteiger partial charge on any atom is -0.378 e. The minimum absolute atomic E-state index is 0.305. The SMILES string of the molecule is CN(C)c1ccc(/C=N/Nc2cn[nH]c(=O)c2Br)cc1. The number of nitrogens with one attached hydrogen (secondary N) is 2. The van der Waals surface area contributed by atoms with E-state index in [9.17, 15) is 4.79 Å². The molecule has 0 radical (unpaired) electrons. The Labute approximate surface area is 124 Å². The molecule has 1 aromatic heterocycles. The molecule has 0 aliphatic heterocycles. The maximum Gasteiger partial charge on any atom is 0.280 e. The average molecular weight is 336 g/mol. The van der Waals surface area contributed by atoms with Crippen molar-refractivity contribution in [2.75, 3.05) is 24.4 Å².